The van der Waals surface area contributed by atoms with E-state index in [2.05, 4.69) is 20.1 Å². The van der Waals surface area contributed by atoms with Crippen molar-refractivity contribution in [2.24, 2.45) is 0 Å². The van der Waals surface area contributed by atoms with E-state index in [1.165, 1.54) is 18.5 Å². The molecule has 0 fully saturated rings. The summed E-state index contributed by atoms with van der Waals surface area (Å²) in [5.74, 6) is -0.507. The molecule has 3 aromatic rings. The number of nitrogens with zero attached hydrogens (tertiary/aromatic N) is 5. The highest BCUT2D eigenvalue weighted by Gasteiger charge is 2.07. The van der Waals surface area contributed by atoms with Gasteiger partial charge in [0.15, 0.2) is 5.65 Å². The van der Waals surface area contributed by atoms with Crippen molar-refractivity contribution >= 4 is 22.8 Å². The summed E-state index contributed by atoms with van der Waals surface area (Å²) in [5.41, 5.74) is 2.07. The van der Waals surface area contributed by atoms with Crippen molar-refractivity contribution < 1.29 is 4.39 Å². The third-order valence-electron chi connectivity index (χ3n) is 2.44. The Kier molecular flexibility index (Phi) is 2.64. The molecule has 0 unspecified atom stereocenters. The molecule has 0 radical (unpaired) electrons. The monoisotopic (exact) mass is 263 g/mol. The molecule has 90 valence electrons. The van der Waals surface area contributed by atoms with Crippen LogP contribution in [0.3, 0.4) is 0 Å². The Balaban J connectivity index is 1.99. The first-order valence-corrected chi connectivity index (χ1v) is 5.55. The predicted octanol–water partition coefficient (Wildman–Crippen LogP) is 2.06. The molecule has 5 nitrogen and oxygen atoms in total. The smallest absolute Gasteiger partial charge is 0.212 e. The zero-order chi connectivity index (χ0) is 12.5. The van der Waals surface area contributed by atoms with Gasteiger partial charge in [-0.15, -0.1) is 0 Å². The van der Waals surface area contributed by atoms with Crippen LogP contribution in [0, 0.1) is 5.95 Å². The first-order valence-electron chi connectivity index (χ1n) is 5.17. The highest BCUT2D eigenvalue weighted by molar-refractivity contribution is 6.29. The summed E-state index contributed by atoms with van der Waals surface area (Å²) in [5, 5.41) is 4.47. The Morgan fingerprint density at radius 3 is 2.83 bits per heavy atom. The third kappa shape index (κ3) is 2.02. The molecule has 18 heavy (non-hydrogen) atoms. The van der Waals surface area contributed by atoms with Crippen molar-refractivity contribution in [3.05, 3.63) is 47.4 Å². The largest absolute Gasteiger partial charge is 0.248 e. The second-order valence-electron chi connectivity index (χ2n) is 3.69. The minimum Gasteiger partial charge on any atom is -0.248 e. The summed E-state index contributed by atoms with van der Waals surface area (Å²) >= 11 is 5.79. The van der Waals surface area contributed by atoms with Crippen molar-refractivity contribution in [3.8, 4) is 0 Å². The van der Waals surface area contributed by atoms with Crippen LogP contribution in [0.25, 0.3) is 11.2 Å². The Labute approximate surface area is 106 Å². The van der Waals surface area contributed by atoms with E-state index >= 15 is 0 Å². The van der Waals surface area contributed by atoms with E-state index in [9.17, 15) is 4.39 Å². The van der Waals surface area contributed by atoms with Gasteiger partial charge in [-0.05, 0) is 11.6 Å². The van der Waals surface area contributed by atoms with E-state index in [1.807, 2.05) is 0 Å². The van der Waals surface area contributed by atoms with Crippen molar-refractivity contribution in [1.82, 2.24) is 24.7 Å². The van der Waals surface area contributed by atoms with Crippen LogP contribution in [0.1, 0.15) is 5.56 Å². The Bertz CT molecular complexity index is 694. The number of hydrogen-bond donors (Lipinski definition) is 0. The number of fused-ring (bicyclic) bond motifs is 1. The summed E-state index contributed by atoms with van der Waals surface area (Å²) in [6.07, 6.45) is 4.53. The van der Waals surface area contributed by atoms with Gasteiger partial charge in [0.05, 0.1) is 18.9 Å². The normalized spacial score (nSPS) is 11.0. The molecule has 0 aliphatic heterocycles. The van der Waals surface area contributed by atoms with Crippen LogP contribution in [0.2, 0.25) is 5.15 Å². The maximum Gasteiger partial charge on any atom is 0.212 e. The van der Waals surface area contributed by atoms with Gasteiger partial charge in [-0.2, -0.15) is 9.49 Å². The Hall–Kier alpha value is -2.08. The zero-order valence-corrected chi connectivity index (χ0v) is 9.84. The summed E-state index contributed by atoms with van der Waals surface area (Å²) in [6, 6.07) is 2.95. The average Bonchev–Trinajstić information content (AvgIpc) is 2.75. The van der Waals surface area contributed by atoms with Crippen LogP contribution in [0.4, 0.5) is 4.39 Å². The first kappa shape index (κ1) is 11.0. The molecular formula is C11H7ClFN5. The summed E-state index contributed by atoms with van der Waals surface area (Å²) in [7, 11) is 0. The molecular weight excluding hydrogens is 257 g/mol. The topological polar surface area (TPSA) is 56.5 Å². The minimum atomic E-state index is -0.507. The summed E-state index contributed by atoms with van der Waals surface area (Å²) < 4.78 is 14.3. The van der Waals surface area contributed by atoms with Crippen LogP contribution in [0.5, 0.6) is 0 Å². The van der Waals surface area contributed by atoms with Gasteiger partial charge >= 0.3 is 0 Å². The maximum atomic E-state index is 12.7. The van der Waals surface area contributed by atoms with Gasteiger partial charge < -0.3 is 0 Å². The zero-order valence-electron chi connectivity index (χ0n) is 9.09. The second-order valence-corrected chi connectivity index (χ2v) is 4.08. The molecule has 0 atom stereocenters. The van der Waals surface area contributed by atoms with Crippen LogP contribution in [-0.2, 0) is 6.54 Å². The molecule has 0 bridgehead atoms. The van der Waals surface area contributed by atoms with Crippen LogP contribution < -0.4 is 0 Å². The highest BCUT2D eigenvalue weighted by Crippen LogP contribution is 2.13. The number of rotatable bonds is 2. The fraction of sp³-hybridized carbons (Fsp3) is 0.0909. The van der Waals surface area contributed by atoms with Gasteiger partial charge in [-0.1, -0.05) is 17.7 Å². The molecule has 7 heteroatoms. The Morgan fingerprint density at radius 2 is 2.06 bits per heavy atom. The molecule has 3 heterocycles. The number of aromatic nitrogens is 5. The van der Waals surface area contributed by atoms with Gasteiger partial charge in [0, 0.05) is 6.20 Å². The predicted molar refractivity (Wildman–Crippen MR) is 63.6 cm³/mol. The first-order chi connectivity index (χ1) is 8.72. The molecule has 0 aliphatic rings. The summed E-state index contributed by atoms with van der Waals surface area (Å²) in [6.45, 7) is 0.436. The van der Waals surface area contributed by atoms with Gasteiger partial charge in [0.1, 0.15) is 10.7 Å². The van der Waals surface area contributed by atoms with Gasteiger partial charge in [0.25, 0.3) is 0 Å². The van der Waals surface area contributed by atoms with Crippen molar-refractivity contribution in [2.75, 3.05) is 0 Å². The van der Waals surface area contributed by atoms with E-state index in [0.717, 1.165) is 5.56 Å². The van der Waals surface area contributed by atoms with E-state index in [1.54, 1.807) is 16.9 Å². The number of hydrogen-bond acceptors (Lipinski definition) is 4. The SMILES string of the molecule is Fc1ccc(Cn2ncc3ncc(Cl)nc32)cn1. The van der Waals surface area contributed by atoms with Crippen molar-refractivity contribution in [3.63, 3.8) is 0 Å². The Morgan fingerprint density at radius 1 is 1.17 bits per heavy atom. The summed E-state index contributed by atoms with van der Waals surface area (Å²) in [4.78, 5) is 11.8. The van der Waals surface area contributed by atoms with Gasteiger partial charge in [-0.3, -0.25) is 0 Å². The molecule has 0 amide bonds. The average molecular weight is 264 g/mol. The number of halogens is 2. The number of pyridine rings is 1. The van der Waals surface area contributed by atoms with Crippen LogP contribution in [-0.4, -0.2) is 24.7 Å². The van der Waals surface area contributed by atoms with Gasteiger partial charge in [0.2, 0.25) is 5.95 Å². The van der Waals surface area contributed by atoms with Crippen molar-refractivity contribution in [1.29, 1.82) is 0 Å². The maximum absolute atomic E-state index is 12.7. The van der Waals surface area contributed by atoms with E-state index < -0.39 is 5.95 Å². The lowest BCUT2D eigenvalue weighted by Gasteiger charge is -2.02. The third-order valence-corrected chi connectivity index (χ3v) is 2.62. The molecule has 0 saturated heterocycles. The molecule has 0 aliphatic carbocycles. The lowest BCUT2D eigenvalue weighted by molar-refractivity contribution is 0.580. The van der Waals surface area contributed by atoms with Crippen LogP contribution >= 0.6 is 11.6 Å². The quantitative estimate of drug-likeness (QED) is 0.664. The minimum absolute atomic E-state index is 0.307. The second kappa shape index (κ2) is 4.30. The molecule has 3 rings (SSSR count). The highest BCUT2D eigenvalue weighted by atomic mass is 35.5. The fourth-order valence-electron chi connectivity index (χ4n) is 1.62. The molecule has 0 N–H and O–H groups in total. The lowest BCUT2D eigenvalue weighted by atomic mass is 10.3. The molecule has 0 spiro atoms. The van der Waals surface area contributed by atoms with Crippen LogP contribution in [0.15, 0.2) is 30.7 Å². The van der Waals surface area contributed by atoms with E-state index in [0.29, 0.717) is 22.9 Å². The van der Waals surface area contributed by atoms with E-state index in [-0.39, 0.29) is 0 Å². The lowest BCUT2D eigenvalue weighted by Crippen LogP contribution is -2.03. The fourth-order valence-corrected chi connectivity index (χ4v) is 1.75. The van der Waals surface area contributed by atoms with Crippen molar-refractivity contribution in [2.45, 2.75) is 6.54 Å². The molecule has 3 aromatic heterocycles. The molecule has 0 saturated carbocycles. The molecule has 0 aromatic carbocycles. The van der Waals surface area contributed by atoms with Gasteiger partial charge in [-0.25, -0.2) is 19.6 Å². The standard InChI is InChI=1S/C11H7ClFN5/c12-9-5-14-8-4-16-18(11(8)17-9)6-7-1-2-10(13)15-3-7/h1-5H,6H2. The van der Waals surface area contributed by atoms with E-state index in [4.69, 9.17) is 11.6 Å².